The smallest absolute Gasteiger partial charge is 0.342 e. The summed E-state index contributed by atoms with van der Waals surface area (Å²) < 4.78 is 12.4. The van der Waals surface area contributed by atoms with Gasteiger partial charge < -0.3 is 18.8 Å². The number of aliphatic carboxylic acids is 1. The summed E-state index contributed by atoms with van der Waals surface area (Å²) in [4.78, 5) is 24.0. The van der Waals surface area contributed by atoms with Gasteiger partial charge in [0.2, 0.25) is 0 Å². The number of furan rings is 1. The van der Waals surface area contributed by atoms with Gasteiger partial charge in [-0.25, -0.2) is 9.59 Å². The first-order chi connectivity index (χ1) is 17.3. The van der Waals surface area contributed by atoms with Crippen LogP contribution in [-0.2, 0) is 16.1 Å². The molecular formula is C25H19Cl2N3O5S. The van der Waals surface area contributed by atoms with Gasteiger partial charge in [0.05, 0.1) is 17.7 Å². The van der Waals surface area contributed by atoms with Gasteiger partial charge in [-0.15, -0.1) is 10.2 Å². The number of esters is 1. The Kier molecular flexibility index (Phi) is 7.83. The molecule has 0 bridgehead atoms. The highest BCUT2D eigenvalue weighted by Crippen LogP contribution is 2.33. The molecule has 8 nitrogen and oxygen atoms in total. The summed E-state index contributed by atoms with van der Waals surface area (Å²) in [5.41, 5.74) is 1.59. The second-order valence-electron chi connectivity index (χ2n) is 7.36. The van der Waals surface area contributed by atoms with Crippen molar-refractivity contribution < 1.29 is 23.8 Å². The number of ether oxygens (including phenoxy) is 1. The van der Waals surface area contributed by atoms with Gasteiger partial charge >= 0.3 is 11.9 Å². The molecule has 36 heavy (non-hydrogen) atoms. The lowest BCUT2D eigenvalue weighted by Crippen LogP contribution is -2.02. The van der Waals surface area contributed by atoms with Crippen molar-refractivity contribution in [2.45, 2.75) is 18.6 Å². The Bertz CT molecular complexity index is 1460. The molecule has 0 radical (unpaired) electrons. The average Bonchev–Trinajstić information content (AvgIpc) is 3.51. The molecule has 0 fully saturated rings. The molecular weight excluding hydrogens is 525 g/mol. The quantitative estimate of drug-likeness (QED) is 0.151. The summed E-state index contributed by atoms with van der Waals surface area (Å²) in [5, 5.41) is 19.5. The van der Waals surface area contributed by atoms with Crippen LogP contribution < -0.4 is 0 Å². The van der Waals surface area contributed by atoms with Gasteiger partial charge in [-0.1, -0.05) is 23.2 Å². The summed E-state index contributed by atoms with van der Waals surface area (Å²) in [6.07, 6.45) is 1.41. The van der Waals surface area contributed by atoms with Crippen molar-refractivity contribution in [3.05, 3.63) is 80.9 Å². The summed E-state index contributed by atoms with van der Waals surface area (Å²) in [6, 6.07) is 15.3. The molecule has 2 heterocycles. The zero-order valence-electron chi connectivity index (χ0n) is 19.1. The van der Waals surface area contributed by atoms with Gasteiger partial charge in [0.1, 0.15) is 16.4 Å². The number of carboxylic acids is 1. The number of thioether (sulfide) groups is 1. The van der Waals surface area contributed by atoms with E-state index in [1.54, 1.807) is 42.5 Å². The van der Waals surface area contributed by atoms with Crippen LogP contribution in [0.2, 0.25) is 10.0 Å². The molecule has 0 spiro atoms. The number of benzene rings is 2. The molecule has 4 rings (SSSR count). The Morgan fingerprint density at radius 2 is 1.81 bits per heavy atom. The Labute approximate surface area is 220 Å². The predicted octanol–water partition coefficient (Wildman–Crippen LogP) is 6.54. The fourth-order valence-corrected chi connectivity index (χ4v) is 4.54. The zero-order valence-corrected chi connectivity index (χ0v) is 21.4. The van der Waals surface area contributed by atoms with Crippen molar-refractivity contribution in [1.29, 1.82) is 0 Å². The highest BCUT2D eigenvalue weighted by Gasteiger charge is 2.19. The molecule has 11 heteroatoms. The normalized spacial score (nSPS) is 11.5. The third kappa shape index (κ3) is 5.48. The second-order valence-corrected chi connectivity index (χ2v) is 9.21. The van der Waals surface area contributed by atoms with Crippen molar-refractivity contribution in [2.75, 3.05) is 7.11 Å². The molecule has 0 amide bonds. The first-order valence-corrected chi connectivity index (χ1v) is 12.2. The minimum Gasteiger partial charge on any atom is -0.477 e. The summed E-state index contributed by atoms with van der Waals surface area (Å²) >= 11 is 13.0. The van der Waals surface area contributed by atoms with Crippen molar-refractivity contribution in [1.82, 2.24) is 14.8 Å². The molecule has 0 aliphatic carbocycles. The lowest BCUT2D eigenvalue weighted by Gasteiger charge is -2.07. The number of hydrogen-bond acceptors (Lipinski definition) is 7. The fourth-order valence-electron chi connectivity index (χ4n) is 3.35. The van der Waals surface area contributed by atoms with Crippen LogP contribution in [0.4, 0.5) is 0 Å². The SMILES string of the molecule is CCn1c(S/C(=C\c2ccc(-c3ccc(Cl)c(C(=O)OC)c3)o2)C(=O)O)nnc1-c1ccc(Cl)cc1. The van der Waals surface area contributed by atoms with Gasteiger partial charge in [-0.05, 0) is 73.3 Å². The summed E-state index contributed by atoms with van der Waals surface area (Å²) in [7, 11) is 1.27. The van der Waals surface area contributed by atoms with Crippen LogP contribution in [-0.4, -0.2) is 38.9 Å². The van der Waals surface area contributed by atoms with Crippen LogP contribution in [0, 0.1) is 0 Å². The Morgan fingerprint density at radius 1 is 1.08 bits per heavy atom. The number of methoxy groups -OCH3 is 1. The van der Waals surface area contributed by atoms with E-state index >= 15 is 0 Å². The molecule has 0 unspecified atom stereocenters. The minimum atomic E-state index is -1.14. The topological polar surface area (TPSA) is 107 Å². The number of rotatable bonds is 8. The van der Waals surface area contributed by atoms with Gasteiger partial charge in [0, 0.05) is 28.8 Å². The van der Waals surface area contributed by atoms with Gasteiger partial charge in [-0.2, -0.15) is 0 Å². The lowest BCUT2D eigenvalue weighted by atomic mass is 10.1. The van der Waals surface area contributed by atoms with Crippen LogP contribution in [0.15, 0.2) is 69.1 Å². The first-order valence-electron chi connectivity index (χ1n) is 10.6. The monoisotopic (exact) mass is 543 g/mol. The molecule has 0 atom stereocenters. The average molecular weight is 544 g/mol. The number of halogens is 2. The standard InChI is InChI=1S/C25H19Cl2N3O5S/c1-3-30-22(14-4-7-16(26)8-5-14)28-29-25(30)36-21(23(31)32)13-17-9-11-20(35-17)15-6-10-19(27)18(12-15)24(33)34-2/h4-13H,3H2,1-2H3,(H,31,32)/b21-13-. The predicted molar refractivity (Wildman–Crippen MR) is 138 cm³/mol. The third-order valence-electron chi connectivity index (χ3n) is 5.10. The molecule has 0 saturated carbocycles. The van der Waals surface area contributed by atoms with E-state index in [2.05, 4.69) is 10.2 Å². The van der Waals surface area contributed by atoms with Crippen LogP contribution in [0.5, 0.6) is 0 Å². The van der Waals surface area contributed by atoms with Crippen LogP contribution in [0.25, 0.3) is 28.8 Å². The molecule has 2 aromatic carbocycles. The summed E-state index contributed by atoms with van der Waals surface area (Å²) in [6.45, 7) is 2.45. The van der Waals surface area contributed by atoms with Crippen LogP contribution in [0.3, 0.4) is 0 Å². The Balaban J connectivity index is 1.63. The number of carbonyl (C=O) groups excluding carboxylic acids is 1. The zero-order chi connectivity index (χ0) is 25.8. The molecule has 0 aliphatic heterocycles. The number of aromatic nitrogens is 3. The third-order valence-corrected chi connectivity index (χ3v) is 6.68. The second kappa shape index (κ2) is 11.0. The van der Waals surface area contributed by atoms with Gasteiger partial charge in [0.25, 0.3) is 0 Å². The van der Waals surface area contributed by atoms with E-state index in [1.165, 1.54) is 13.2 Å². The van der Waals surface area contributed by atoms with Crippen molar-refractivity contribution in [3.63, 3.8) is 0 Å². The fraction of sp³-hybridized carbons (Fsp3) is 0.120. The van der Waals surface area contributed by atoms with E-state index in [1.807, 2.05) is 23.6 Å². The number of hydrogen-bond donors (Lipinski definition) is 1. The molecule has 2 aromatic heterocycles. The first kappa shape index (κ1) is 25.6. The highest BCUT2D eigenvalue weighted by atomic mass is 35.5. The van der Waals surface area contributed by atoms with E-state index in [-0.39, 0.29) is 15.5 Å². The molecule has 1 N–H and O–H groups in total. The van der Waals surface area contributed by atoms with E-state index in [4.69, 9.17) is 32.4 Å². The maximum atomic E-state index is 12.0. The van der Waals surface area contributed by atoms with Gasteiger partial charge in [-0.3, -0.25) is 0 Å². The number of carbonyl (C=O) groups is 2. The highest BCUT2D eigenvalue weighted by molar-refractivity contribution is 8.04. The van der Waals surface area contributed by atoms with E-state index in [9.17, 15) is 14.7 Å². The maximum Gasteiger partial charge on any atom is 0.342 e. The minimum absolute atomic E-state index is 0.00740. The van der Waals surface area contributed by atoms with Crippen LogP contribution in [0.1, 0.15) is 23.0 Å². The molecule has 184 valence electrons. The van der Waals surface area contributed by atoms with Crippen molar-refractivity contribution in [2.24, 2.45) is 0 Å². The van der Waals surface area contributed by atoms with E-state index in [0.717, 1.165) is 17.3 Å². The number of carboxylic acid groups (broad SMARTS) is 1. The van der Waals surface area contributed by atoms with Crippen molar-refractivity contribution in [3.8, 4) is 22.7 Å². The molecule has 0 saturated heterocycles. The van der Waals surface area contributed by atoms with E-state index in [0.29, 0.717) is 39.6 Å². The lowest BCUT2D eigenvalue weighted by molar-refractivity contribution is -0.131. The molecule has 0 aliphatic rings. The van der Waals surface area contributed by atoms with Gasteiger partial charge in [0.15, 0.2) is 11.0 Å². The Hall–Kier alpha value is -3.53. The maximum absolute atomic E-state index is 12.0. The van der Waals surface area contributed by atoms with Crippen LogP contribution >= 0.6 is 35.0 Å². The number of nitrogens with zero attached hydrogens (tertiary/aromatic N) is 3. The molecule has 4 aromatic rings. The van der Waals surface area contributed by atoms with E-state index < -0.39 is 11.9 Å². The Morgan fingerprint density at radius 3 is 2.47 bits per heavy atom. The summed E-state index contributed by atoms with van der Waals surface area (Å²) in [5.74, 6) is -0.373. The largest absolute Gasteiger partial charge is 0.477 e. The van der Waals surface area contributed by atoms with Crippen molar-refractivity contribution >= 4 is 53.0 Å².